The molecule has 164 valence electrons. The van der Waals surface area contributed by atoms with E-state index < -0.39 is 28.2 Å². The van der Waals surface area contributed by atoms with Gasteiger partial charge in [-0.05, 0) is 55.5 Å². The third kappa shape index (κ3) is 4.51. The van der Waals surface area contributed by atoms with Crippen molar-refractivity contribution in [3.05, 3.63) is 0 Å². The summed E-state index contributed by atoms with van der Waals surface area (Å²) in [6.07, 6.45) is 2.09. The van der Waals surface area contributed by atoms with Crippen LogP contribution in [0.5, 0.6) is 0 Å². The van der Waals surface area contributed by atoms with Crippen molar-refractivity contribution >= 4 is 22.4 Å². The lowest BCUT2D eigenvalue weighted by molar-refractivity contribution is -0.140. The Bertz CT molecular complexity index is 588. The first kappa shape index (κ1) is 24.3. The molecule has 2 aliphatic rings. The SMILES string of the molecule is CC(C)(C)[Si](C)(C)OC[C@@]12C[C@@H](O[Si](C)(C)C(C)(C)C)C[C@@H]1C(=O)CC[C@H]2O. The van der Waals surface area contributed by atoms with E-state index in [4.69, 9.17) is 8.85 Å². The van der Waals surface area contributed by atoms with E-state index in [1.807, 2.05) is 0 Å². The average Bonchev–Trinajstić information content (AvgIpc) is 2.87. The van der Waals surface area contributed by atoms with E-state index in [1.165, 1.54) is 0 Å². The Hall–Kier alpha value is -0.0162. The molecule has 0 aromatic heterocycles. The smallest absolute Gasteiger partial charge is 0.192 e. The standard InChI is InChI=1S/C22H44O4Si2/c1-20(2,3)27(7,8)25-15-22-14-16(26-28(9,10)21(4,5)6)13-17(22)18(23)11-12-19(22)24/h16-17,19,24H,11-15H2,1-10H3/t16-,17+,19+,22-/m0/s1. The van der Waals surface area contributed by atoms with Gasteiger partial charge in [-0.3, -0.25) is 4.79 Å². The number of aliphatic hydroxyl groups excluding tert-OH is 1. The maximum Gasteiger partial charge on any atom is 0.192 e. The summed E-state index contributed by atoms with van der Waals surface area (Å²) in [5.41, 5.74) is -0.474. The van der Waals surface area contributed by atoms with Crippen LogP contribution >= 0.6 is 0 Å². The van der Waals surface area contributed by atoms with E-state index in [0.717, 1.165) is 12.8 Å². The molecule has 1 N–H and O–H groups in total. The molecule has 28 heavy (non-hydrogen) atoms. The minimum Gasteiger partial charge on any atom is -0.416 e. The highest BCUT2D eigenvalue weighted by molar-refractivity contribution is 6.74. The van der Waals surface area contributed by atoms with Crippen LogP contribution in [-0.4, -0.2) is 46.3 Å². The van der Waals surface area contributed by atoms with E-state index in [1.54, 1.807) is 0 Å². The summed E-state index contributed by atoms with van der Waals surface area (Å²) in [6.45, 7) is 22.9. The van der Waals surface area contributed by atoms with Crippen molar-refractivity contribution in [1.82, 2.24) is 0 Å². The van der Waals surface area contributed by atoms with E-state index in [9.17, 15) is 9.90 Å². The Morgan fingerprint density at radius 1 is 1.04 bits per heavy atom. The Morgan fingerprint density at radius 2 is 1.57 bits per heavy atom. The van der Waals surface area contributed by atoms with Crippen LogP contribution in [0.4, 0.5) is 0 Å². The molecule has 0 radical (unpaired) electrons. The van der Waals surface area contributed by atoms with Gasteiger partial charge in [0.1, 0.15) is 5.78 Å². The summed E-state index contributed by atoms with van der Waals surface area (Å²) in [5, 5.41) is 11.3. The number of carbonyl (C=O) groups is 1. The van der Waals surface area contributed by atoms with E-state index in [2.05, 4.69) is 67.7 Å². The molecular weight excluding hydrogens is 384 g/mol. The summed E-state index contributed by atoms with van der Waals surface area (Å²) in [6, 6.07) is 0. The van der Waals surface area contributed by atoms with E-state index in [0.29, 0.717) is 25.2 Å². The van der Waals surface area contributed by atoms with Gasteiger partial charge in [0.05, 0.1) is 6.10 Å². The second-order valence-corrected chi connectivity index (χ2v) is 21.9. The Balaban J connectivity index is 2.26. The predicted molar refractivity (Wildman–Crippen MR) is 121 cm³/mol. The van der Waals surface area contributed by atoms with Crippen molar-refractivity contribution in [2.75, 3.05) is 6.61 Å². The molecule has 0 aromatic rings. The Kier molecular flexibility index (Phi) is 6.58. The summed E-state index contributed by atoms with van der Waals surface area (Å²) >= 11 is 0. The number of Topliss-reactive ketones (excluding diaryl/α,β-unsaturated/α-hetero) is 1. The van der Waals surface area contributed by atoms with Crippen molar-refractivity contribution in [3.8, 4) is 0 Å². The topological polar surface area (TPSA) is 55.8 Å². The maximum absolute atomic E-state index is 12.9. The van der Waals surface area contributed by atoms with Crippen LogP contribution in [-0.2, 0) is 13.6 Å². The van der Waals surface area contributed by atoms with Gasteiger partial charge in [0.25, 0.3) is 0 Å². The molecule has 2 saturated carbocycles. The number of rotatable bonds is 5. The maximum atomic E-state index is 12.9. The Morgan fingerprint density at radius 3 is 2.07 bits per heavy atom. The minimum absolute atomic E-state index is 0.0469. The fourth-order valence-electron chi connectivity index (χ4n) is 4.18. The van der Waals surface area contributed by atoms with Gasteiger partial charge >= 0.3 is 0 Å². The lowest BCUT2D eigenvalue weighted by Crippen LogP contribution is -2.52. The average molecular weight is 429 g/mol. The molecule has 6 heteroatoms. The highest BCUT2D eigenvalue weighted by Gasteiger charge is 2.59. The first-order chi connectivity index (χ1) is 12.4. The van der Waals surface area contributed by atoms with Crippen LogP contribution in [0.25, 0.3) is 0 Å². The molecule has 0 amide bonds. The molecule has 0 aromatic carbocycles. The van der Waals surface area contributed by atoms with E-state index >= 15 is 0 Å². The molecule has 2 fully saturated rings. The zero-order chi connectivity index (χ0) is 21.8. The predicted octanol–water partition coefficient (Wildman–Crippen LogP) is 5.52. The second kappa shape index (κ2) is 7.59. The fraction of sp³-hybridized carbons (Fsp3) is 0.955. The van der Waals surface area contributed by atoms with Crippen LogP contribution < -0.4 is 0 Å². The number of hydrogen-bond donors (Lipinski definition) is 1. The molecule has 0 aliphatic heterocycles. The van der Waals surface area contributed by atoms with Gasteiger partial charge in [-0.1, -0.05) is 41.5 Å². The van der Waals surface area contributed by atoms with Crippen molar-refractivity contribution in [2.45, 2.75) is 116 Å². The fourth-order valence-corrected chi connectivity index (χ4v) is 6.61. The van der Waals surface area contributed by atoms with Gasteiger partial charge in [0.2, 0.25) is 0 Å². The third-order valence-electron chi connectivity index (χ3n) is 8.29. The monoisotopic (exact) mass is 428 g/mol. The van der Waals surface area contributed by atoms with Crippen LogP contribution in [0.15, 0.2) is 0 Å². The lowest BCUT2D eigenvalue weighted by atomic mass is 9.66. The van der Waals surface area contributed by atoms with Crippen molar-refractivity contribution in [2.24, 2.45) is 11.3 Å². The number of carbonyl (C=O) groups excluding carboxylic acids is 1. The molecule has 2 aliphatic carbocycles. The van der Waals surface area contributed by atoms with Gasteiger partial charge in [0, 0.05) is 30.5 Å². The summed E-state index contributed by atoms with van der Waals surface area (Å²) in [5.74, 6) is 0.168. The van der Waals surface area contributed by atoms with Gasteiger partial charge in [-0.2, -0.15) is 0 Å². The zero-order valence-corrected chi connectivity index (χ0v) is 21.9. The first-order valence-electron chi connectivity index (χ1n) is 11.0. The third-order valence-corrected chi connectivity index (χ3v) is 17.3. The number of hydrogen-bond acceptors (Lipinski definition) is 4. The van der Waals surface area contributed by atoms with Crippen LogP contribution in [0.2, 0.25) is 36.3 Å². The summed E-state index contributed by atoms with van der Waals surface area (Å²) < 4.78 is 13.3. The molecule has 0 heterocycles. The quantitative estimate of drug-likeness (QED) is 0.586. The molecule has 0 unspecified atom stereocenters. The molecule has 0 bridgehead atoms. The largest absolute Gasteiger partial charge is 0.416 e. The highest BCUT2D eigenvalue weighted by Crippen LogP contribution is 2.54. The molecule has 4 nitrogen and oxygen atoms in total. The second-order valence-electron chi connectivity index (χ2n) is 12.3. The molecule has 0 saturated heterocycles. The Labute approximate surface area is 175 Å². The van der Waals surface area contributed by atoms with E-state index in [-0.39, 0.29) is 22.1 Å². The number of ketones is 1. The van der Waals surface area contributed by atoms with Crippen LogP contribution in [0.3, 0.4) is 0 Å². The van der Waals surface area contributed by atoms with Crippen LogP contribution in [0, 0.1) is 11.3 Å². The normalized spacial score (nSPS) is 32.5. The summed E-state index contributed by atoms with van der Waals surface area (Å²) in [4.78, 5) is 12.9. The zero-order valence-electron chi connectivity index (χ0n) is 19.9. The molecule has 0 spiro atoms. The van der Waals surface area contributed by atoms with Gasteiger partial charge in [-0.25, -0.2) is 0 Å². The molecule has 2 rings (SSSR count). The van der Waals surface area contributed by atoms with Gasteiger partial charge < -0.3 is 14.0 Å². The molecule has 4 atom stereocenters. The summed E-state index contributed by atoms with van der Waals surface area (Å²) in [7, 11) is -3.88. The number of aliphatic hydroxyl groups is 1. The van der Waals surface area contributed by atoms with Gasteiger partial charge in [-0.15, -0.1) is 0 Å². The highest BCUT2D eigenvalue weighted by atomic mass is 28.4. The first-order valence-corrected chi connectivity index (χ1v) is 16.8. The van der Waals surface area contributed by atoms with Crippen LogP contribution in [0.1, 0.15) is 67.2 Å². The van der Waals surface area contributed by atoms with Crippen molar-refractivity contribution in [3.63, 3.8) is 0 Å². The molecular formula is C22H44O4Si2. The van der Waals surface area contributed by atoms with Crippen molar-refractivity contribution < 1.29 is 18.8 Å². The van der Waals surface area contributed by atoms with Crippen molar-refractivity contribution in [1.29, 1.82) is 0 Å². The lowest BCUT2D eigenvalue weighted by Gasteiger charge is -2.46. The van der Waals surface area contributed by atoms with Gasteiger partial charge in [0.15, 0.2) is 16.6 Å². The minimum atomic E-state index is -1.96. The number of fused-ring (bicyclic) bond motifs is 1.